The number of hydrogen-bond donors (Lipinski definition) is 0. The molecule has 3 heterocycles. The fourth-order valence-electron chi connectivity index (χ4n) is 3.52. The van der Waals surface area contributed by atoms with Crippen molar-refractivity contribution < 1.29 is 9.59 Å². The van der Waals surface area contributed by atoms with Crippen LogP contribution in [-0.2, 0) is 9.59 Å². The van der Waals surface area contributed by atoms with Gasteiger partial charge in [-0.25, -0.2) is 0 Å². The standard InChI is InChI=1S/C16H21N3O2/c1-3-13-15(20)18-10-6-8-14(18)16(21)19(13)11(2)12-7-4-5-9-17-12/h4-5,7,9,11,13-14H,3,6,8,10H2,1-2H3. The van der Waals surface area contributed by atoms with Crippen molar-refractivity contribution in [2.45, 2.75) is 51.2 Å². The van der Waals surface area contributed by atoms with Gasteiger partial charge in [0.05, 0.1) is 11.7 Å². The van der Waals surface area contributed by atoms with Crippen LogP contribution in [0.15, 0.2) is 24.4 Å². The minimum absolute atomic E-state index is 0.0807. The molecule has 2 amide bonds. The molecule has 112 valence electrons. The third-order valence-corrected chi connectivity index (χ3v) is 4.62. The smallest absolute Gasteiger partial charge is 0.246 e. The molecule has 0 saturated carbocycles. The van der Waals surface area contributed by atoms with Crippen LogP contribution in [0.2, 0.25) is 0 Å². The zero-order valence-electron chi connectivity index (χ0n) is 12.5. The second kappa shape index (κ2) is 5.47. The first-order chi connectivity index (χ1) is 10.1. The molecule has 0 N–H and O–H groups in total. The molecule has 3 atom stereocenters. The summed E-state index contributed by atoms with van der Waals surface area (Å²) in [5.41, 5.74) is 0.837. The van der Waals surface area contributed by atoms with Crippen molar-refractivity contribution in [1.29, 1.82) is 0 Å². The number of amides is 2. The van der Waals surface area contributed by atoms with Gasteiger partial charge >= 0.3 is 0 Å². The first-order valence-corrected chi connectivity index (χ1v) is 7.68. The van der Waals surface area contributed by atoms with E-state index in [1.54, 1.807) is 16.0 Å². The number of hydrogen-bond acceptors (Lipinski definition) is 3. The lowest BCUT2D eigenvalue weighted by Gasteiger charge is -2.44. The molecule has 0 spiro atoms. The normalized spacial score (nSPS) is 27.0. The SMILES string of the molecule is CCC1C(=O)N2CCCC2C(=O)N1C(C)c1ccccn1. The molecule has 2 aliphatic rings. The first kappa shape index (κ1) is 14.0. The Bertz CT molecular complexity index is 546. The van der Waals surface area contributed by atoms with Crippen LogP contribution in [0, 0.1) is 0 Å². The lowest BCUT2D eigenvalue weighted by Crippen LogP contribution is -2.63. The van der Waals surface area contributed by atoms with Gasteiger partial charge in [0.25, 0.3) is 0 Å². The number of carbonyl (C=O) groups excluding carboxylic acids is 2. The van der Waals surface area contributed by atoms with Gasteiger partial charge in [0.1, 0.15) is 12.1 Å². The highest BCUT2D eigenvalue weighted by molar-refractivity contribution is 5.97. The van der Waals surface area contributed by atoms with E-state index in [4.69, 9.17) is 0 Å². The van der Waals surface area contributed by atoms with Crippen LogP contribution in [0.4, 0.5) is 0 Å². The molecule has 0 radical (unpaired) electrons. The highest BCUT2D eigenvalue weighted by Gasteiger charge is 2.48. The summed E-state index contributed by atoms with van der Waals surface area (Å²) in [6.07, 6.45) is 4.08. The van der Waals surface area contributed by atoms with Crippen LogP contribution >= 0.6 is 0 Å². The summed E-state index contributed by atoms with van der Waals surface area (Å²) in [7, 11) is 0. The van der Waals surface area contributed by atoms with Crippen LogP contribution in [0.25, 0.3) is 0 Å². The molecule has 5 heteroatoms. The van der Waals surface area contributed by atoms with Crippen LogP contribution < -0.4 is 0 Å². The van der Waals surface area contributed by atoms with E-state index in [2.05, 4.69) is 4.98 Å². The van der Waals surface area contributed by atoms with E-state index in [0.29, 0.717) is 6.42 Å². The van der Waals surface area contributed by atoms with Gasteiger partial charge in [0, 0.05) is 12.7 Å². The summed E-state index contributed by atoms with van der Waals surface area (Å²) in [5, 5.41) is 0. The number of aromatic nitrogens is 1. The largest absolute Gasteiger partial charge is 0.329 e. The van der Waals surface area contributed by atoms with Crippen LogP contribution in [0.5, 0.6) is 0 Å². The molecule has 2 fully saturated rings. The minimum Gasteiger partial charge on any atom is -0.329 e. The van der Waals surface area contributed by atoms with Gasteiger partial charge < -0.3 is 9.80 Å². The zero-order chi connectivity index (χ0) is 15.0. The maximum absolute atomic E-state index is 12.8. The van der Waals surface area contributed by atoms with Crippen LogP contribution in [0.1, 0.15) is 44.8 Å². The van der Waals surface area contributed by atoms with Crippen molar-refractivity contribution in [2.75, 3.05) is 6.54 Å². The van der Waals surface area contributed by atoms with Crippen molar-refractivity contribution >= 4 is 11.8 Å². The summed E-state index contributed by atoms with van der Waals surface area (Å²) >= 11 is 0. The van der Waals surface area contributed by atoms with Crippen molar-refractivity contribution in [3.8, 4) is 0 Å². The molecule has 2 saturated heterocycles. The fourth-order valence-corrected chi connectivity index (χ4v) is 3.52. The predicted molar refractivity (Wildman–Crippen MR) is 78.3 cm³/mol. The maximum atomic E-state index is 12.8. The number of piperazine rings is 1. The van der Waals surface area contributed by atoms with Crippen molar-refractivity contribution in [1.82, 2.24) is 14.8 Å². The summed E-state index contributed by atoms with van der Waals surface area (Å²) in [5.74, 6) is 0.180. The average Bonchev–Trinajstić information content (AvgIpc) is 3.01. The van der Waals surface area contributed by atoms with E-state index < -0.39 is 0 Å². The van der Waals surface area contributed by atoms with Gasteiger partial charge in [-0.05, 0) is 38.3 Å². The molecule has 21 heavy (non-hydrogen) atoms. The summed E-state index contributed by atoms with van der Waals surface area (Å²) in [6.45, 7) is 4.64. The fraction of sp³-hybridized carbons (Fsp3) is 0.562. The summed E-state index contributed by atoms with van der Waals surface area (Å²) in [4.78, 5) is 33.4. The van der Waals surface area contributed by atoms with E-state index in [1.807, 2.05) is 32.0 Å². The number of fused-ring (bicyclic) bond motifs is 1. The Morgan fingerprint density at radius 2 is 2.14 bits per heavy atom. The van der Waals surface area contributed by atoms with E-state index >= 15 is 0 Å². The molecular weight excluding hydrogens is 266 g/mol. The lowest BCUT2D eigenvalue weighted by atomic mass is 9.99. The molecule has 0 aliphatic carbocycles. The lowest BCUT2D eigenvalue weighted by molar-refractivity contribution is -0.162. The highest BCUT2D eigenvalue weighted by atomic mass is 16.2. The van der Waals surface area contributed by atoms with Gasteiger partial charge in [-0.3, -0.25) is 14.6 Å². The van der Waals surface area contributed by atoms with Gasteiger partial charge in [-0.15, -0.1) is 0 Å². The number of nitrogens with zero attached hydrogens (tertiary/aromatic N) is 3. The maximum Gasteiger partial charge on any atom is 0.246 e. The molecule has 1 aromatic rings. The Labute approximate surface area is 124 Å². The van der Waals surface area contributed by atoms with Gasteiger partial charge in [0.2, 0.25) is 11.8 Å². The third kappa shape index (κ3) is 2.20. The third-order valence-electron chi connectivity index (χ3n) is 4.62. The van der Waals surface area contributed by atoms with Crippen LogP contribution in [0.3, 0.4) is 0 Å². The quantitative estimate of drug-likeness (QED) is 0.851. The van der Waals surface area contributed by atoms with Crippen molar-refractivity contribution in [2.24, 2.45) is 0 Å². The molecule has 3 unspecified atom stereocenters. The van der Waals surface area contributed by atoms with Gasteiger partial charge in [0.15, 0.2) is 0 Å². The molecule has 2 aliphatic heterocycles. The Balaban J connectivity index is 1.95. The monoisotopic (exact) mass is 287 g/mol. The summed E-state index contributed by atoms with van der Waals surface area (Å²) < 4.78 is 0. The molecule has 3 rings (SSSR count). The van der Waals surface area contributed by atoms with Gasteiger partial charge in [-0.2, -0.15) is 0 Å². The zero-order valence-corrected chi connectivity index (χ0v) is 12.5. The molecule has 0 bridgehead atoms. The number of rotatable bonds is 3. The minimum atomic E-state index is -0.358. The average molecular weight is 287 g/mol. The second-order valence-electron chi connectivity index (χ2n) is 5.79. The number of pyridine rings is 1. The number of carbonyl (C=O) groups is 2. The Hall–Kier alpha value is -1.91. The van der Waals surface area contributed by atoms with E-state index in [-0.39, 0.29) is 29.9 Å². The Morgan fingerprint density at radius 3 is 2.81 bits per heavy atom. The highest BCUT2D eigenvalue weighted by Crippen LogP contribution is 2.33. The van der Waals surface area contributed by atoms with Crippen molar-refractivity contribution in [3.63, 3.8) is 0 Å². The van der Waals surface area contributed by atoms with Gasteiger partial charge in [-0.1, -0.05) is 13.0 Å². The molecule has 0 aromatic carbocycles. The first-order valence-electron chi connectivity index (χ1n) is 7.68. The molecule has 5 nitrogen and oxygen atoms in total. The van der Waals surface area contributed by atoms with E-state index in [0.717, 1.165) is 25.1 Å². The molecular formula is C16H21N3O2. The van der Waals surface area contributed by atoms with Crippen molar-refractivity contribution in [3.05, 3.63) is 30.1 Å². The summed E-state index contributed by atoms with van der Waals surface area (Å²) in [6, 6.07) is 4.90. The second-order valence-corrected chi connectivity index (χ2v) is 5.79. The predicted octanol–water partition coefficient (Wildman–Crippen LogP) is 1.75. The van der Waals surface area contributed by atoms with Crippen LogP contribution in [-0.4, -0.2) is 45.2 Å². The Kier molecular flexibility index (Phi) is 3.66. The van der Waals surface area contributed by atoms with E-state index in [9.17, 15) is 9.59 Å². The Morgan fingerprint density at radius 1 is 1.33 bits per heavy atom. The van der Waals surface area contributed by atoms with E-state index in [1.165, 1.54) is 0 Å². The topological polar surface area (TPSA) is 53.5 Å². The molecule has 1 aromatic heterocycles.